The summed E-state index contributed by atoms with van der Waals surface area (Å²) >= 11 is 1.35. The number of hydrogen-bond acceptors (Lipinski definition) is 5. The van der Waals surface area contributed by atoms with E-state index in [2.05, 4.69) is 11.6 Å². The minimum Gasteiger partial charge on any atom is -0.403 e. The molecule has 0 atom stereocenters. The fourth-order valence-corrected chi connectivity index (χ4v) is 2.76. The smallest absolute Gasteiger partial charge is 0.270 e. The molecule has 6 heteroatoms. The molecule has 0 unspecified atom stereocenters. The summed E-state index contributed by atoms with van der Waals surface area (Å²) in [6, 6.07) is 0. The van der Waals surface area contributed by atoms with Crippen LogP contribution in [-0.4, -0.2) is 28.6 Å². The van der Waals surface area contributed by atoms with Gasteiger partial charge in [0, 0.05) is 25.4 Å². The van der Waals surface area contributed by atoms with Crippen LogP contribution < -0.4 is 5.73 Å². The zero-order valence-electron chi connectivity index (χ0n) is 10.1. The molecule has 1 aliphatic rings. The van der Waals surface area contributed by atoms with Crippen LogP contribution in [-0.2, 0) is 6.42 Å². The highest BCUT2D eigenvalue weighted by Crippen LogP contribution is 2.29. The van der Waals surface area contributed by atoms with Crippen LogP contribution >= 0.6 is 11.3 Å². The maximum atomic E-state index is 12.3. The lowest BCUT2D eigenvalue weighted by Gasteiger charge is -2.25. The molecule has 0 saturated heterocycles. The van der Waals surface area contributed by atoms with Crippen LogP contribution in [0.3, 0.4) is 0 Å². The van der Waals surface area contributed by atoms with Crippen LogP contribution in [0.15, 0.2) is 18.5 Å². The van der Waals surface area contributed by atoms with E-state index in [1.54, 1.807) is 0 Å². The van der Waals surface area contributed by atoms with Gasteiger partial charge >= 0.3 is 0 Å². The lowest BCUT2D eigenvalue weighted by Crippen LogP contribution is -2.37. The third-order valence-corrected chi connectivity index (χ3v) is 3.95. The Labute approximate surface area is 109 Å². The Kier molecular flexibility index (Phi) is 3.29. The second-order valence-electron chi connectivity index (χ2n) is 4.02. The van der Waals surface area contributed by atoms with E-state index in [-0.39, 0.29) is 5.91 Å². The number of rotatable bonds is 3. The second-order valence-corrected chi connectivity index (χ2v) is 5.02. The fraction of sp³-hybridized carbons (Fsp3) is 0.250. The third-order valence-electron chi connectivity index (χ3n) is 2.70. The molecule has 1 aromatic rings. The van der Waals surface area contributed by atoms with E-state index in [0.29, 0.717) is 23.5 Å². The second kappa shape index (κ2) is 4.73. The number of nitrogens with one attached hydrogen (secondary N) is 1. The van der Waals surface area contributed by atoms with E-state index in [1.807, 2.05) is 6.92 Å². The summed E-state index contributed by atoms with van der Waals surface area (Å²) in [7, 11) is 0. The first-order valence-electron chi connectivity index (χ1n) is 5.48. The van der Waals surface area contributed by atoms with Gasteiger partial charge in [0.25, 0.3) is 5.91 Å². The van der Waals surface area contributed by atoms with Crippen molar-refractivity contribution >= 4 is 29.0 Å². The Morgan fingerprint density at radius 2 is 2.39 bits per heavy atom. The molecule has 1 aliphatic heterocycles. The molecule has 2 rings (SSSR count). The molecular weight excluding hydrogens is 248 g/mol. The normalized spacial score (nSPS) is 15.5. The van der Waals surface area contributed by atoms with Gasteiger partial charge in [0.15, 0.2) is 0 Å². The number of nitrogens with zero attached hydrogens (tertiary/aromatic N) is 2. The summed E-state index contributed by atoms with van der Waals surface area (Å²) in [5.74, 6) is -0.138. The summed E-state index contributed by atoms with van der Waals surface area (Å²) in [6.45, 7) is 6.21. The SMILES string of the molecule is C=C(C)c1nc2c(s1)C(=O)N(/C(C=N)=C/N)CC2. The molecule has 0 radical (unpaired) electrons. The van der Waals surface area contributed by atoms with Crippen molar-refractivity contribution in [3.05, 3.63) is 34.1 Å². The Morgan fingerprint density at radius 3 is 2.94 bits per heavy atom. The summed E-state index contributed by atoms with van der Waals surface area (Å²) in [5, 5.41) is 8.04. The molecule has 0 spiro atoms. The maximum absolute atomic E-state index is 12.3. The van der Waals surface area contributed by atoms with Crippen LogP contribution in [0.4, 0.5) is 0 Å². The molecule has 0 saturated carbocycles. The zero-order valence-corrected chi connectivity index (χ0v) is 10.9. The van der Waals surface area contributed by atoms with Crippen molar-refractivity contribution in [1.29, 1.82) is 5.41 Å². The first-order chi connectivity index (χ1) is 8.58. The molecule has 3 N–H and O–H groups in total. The van der Waals surface area contributed by atoms with Crippen LogP contribution in [0.5, 0.6) is 0 Å². The molecule has 2 heterocycles. The van der Waals surface area contributed by atoms with Gasteiger partial charge in [-0.15, -0.1) is 11.3 Å². The molecule has 18 heavy (non-hydrogen) atoms. The van der Waals surface area contributed by atoms with Crippen molar-refractivity contribution in [2.24, 2.45) is 5.73 Å². The fourth-order valence-electron chi connectivity index (χ4n) is 1.78. The first-order valence-corrected chi connectivity index (χ1v) is 6.30. The Bertz CT molecular complexity index is 558. The summed E-state index contributed by atoms with van der Waals surface area (Å²) in [6.07, 6.45) is 3.04. The Morgan fingerprint density at radius 1 is 1.67 bits per heavy atom. The molecule has 0 aliphatic carbocycles. The number of fused-ring (bicyclic) bond motifs is 1. The van der Waals surface area contributed by atoms with Crippen LogP contribution in [0.1, 0.15) is 27.3 Å². The van der Waals surface area contributed by atoms with Gasteiger partial charge < -0.3 is 16.0 Å². The number of carbonyl (C=O) groups is 1. The van der Waals surface area contributed by atoms with E-state index in [1.165, 1.54) is 22.4 Å². The molecule has 1 amide bonds. The quantitative estimate of drug-likeness (QED) is 0.812. The van der Waals surface area contributed by atoms with E-state index in [4.69, 9.17) is 11.1 Å². The van der Waals surface area contributed by atoms with Crippen LogP contribution in [0.25, 0.3) is 5.57 Å². The number of thiazole rings is 1. The van der Waals surface area contributed by atoms with Crippen molar-refractivity contribution in [3.8, 4) is 0 Å². The molecular formula is C12H14N4OS. The number of hydrogen-bond donors (Lipinski definition) is 2. The Balaban J connectivity index is 2.39. The van der Waals surface area contributed by atoms with Crippen molar-refractivity contribution in [2.45, 2.75) is 13.3 Å². The van der Waals surface area contributed by atoms with Crippen molar-refractivity contribution in [3.63, 3.8) is 0 Å². The third kappa shape index (κ3) is 1.95. The summed E-state index contributed by atoms with van der Waals surface area (Å²) in [4.78, 5) is 18.8. The lowest BCUT2D eigenvalue weighted by molar-refractivity contribution is 0.0805. The maximum Gasteiger partial charge on any atom is 0.270 e. The number of amides is 1. The predicted octanol–water partition coefficient (Wildman–Crippen LogP) is 1.62. The topological polar surface area (TPSA) is 83.1 Å². The minimum absolute atomic E-state index is 0.138. The average molecular weight is 262 g/mol. The molecule has 1 aromatic heterocycles. The molecule has 5 nitrogen and oxygen atoms in total. The minimum atomic E-state index is -0.138. The largest absolute Gasteiger partial charge is 0.403 e. The van der Waals surface area contributed by atoms with Crippen molar-refractivity contribution in [1.82, 2.24) is 9.88 Å². The molecule has 94 valence electrons. The number of nitrogens with two attached hydrogens (primary N) is 1. The van der Waals surface area contributed by atoms with Gasteiger partial charge in [-0.05, 0) is 12.5 Å². The predicted molar refractivity (Wildman–Crippen MR) is 72.6 cm³/mol. The van der Waals surface area contributed by atoms with E-state index in [0.717, 1.165) is 22.5 Å². The molecule has 0 fully saturated rings. The molecule has 0 bridgehead atoms. The van der Waals surface area contributed by atoms with E-state index < -0.39 is 0 Å². The first kappa shape index (κ1) is 12.5. The van der Waals surface area contributed by atoms with Gasteiger partial charge in [-0.3, -0.25) is 4.79 Å². The van der Waals surface area contributed by atoms with Gasteiger partial charge in [0.05, 0.1) is 11.4 Å². The average Bonchev–Trinajstić information content (AvgIpc) is 2.78. The van der Waals surface area contributed by atoms with E-state index in [9.17, 15) is 4.79 Å². The lowest BCUT2D eigenvalue weighted by atomic mass is 10.1. The van der Waals surface area contributed by atoms with E-state index >= 15 is 0 Å². The van der Waals surface area contributed by atoms with Crippen LogP contribution in [0, 0.1) is 5.41 Å². The number of aromatic nitrogens is 1. The Hall–Kier alpha value is -1.95. The zero-order chi connectivity index (χ0) is 13.3. The van der Waals surface area contributed by atoms with Gasteiger partial charge in [-0.1, -0.05) is 6.58 Å². The van der Waals surface area contributed by atoms with Gasteiger partial charge in [0.1, 0.15) is 9.88 Å². The summed E-state index contributed by atoms with van der Waals surface area (Å²) < 4.78 is 0. The number of carbonyl (C=O) groups excluding carboxylic acids is 1. The van der Waals surface area contributed by atoms with Gasteiger partial charge in [-0.2, -0.15) is 0 Å². The number of allylic oxidation sites excluding steroid dienone is 2. The van der Waals surface area contributed by atoms with Crippen molar-refractivity contribution in [2.75, 3.05) is 6.54 Å². The van der Waals surface area contributed by atoms with Gasteiger partial charge in [0.2, 0.25) is 0 Å². The van der Waals surface area contributed by atoms with Crippen LogP contribution in [0.2, 0.25) is 0 Å². The highest BCUT2D eigenvalue weighted by atomic mass is 32.1. The monoisotopic (exact) mass is 262 g/mol. The summed E-state index contributed by atoms with van der Waals surface area (Å²) in [5.41, 5.74) is 7.51. The van der Waals surface area contributed by atoms with Crippen molar-refractivity contribution < 1.29 is 4.79 Å². The highest BCUT2D eigenvalue weighted by molar-refractivity contribution is 7.14. The van der Waals surface area contributed by atoms with Gasteiger partial charge in [-0.25, -0.2) is 4.98 Å². The standard InChI is InChI=1S/C12H14N4OS/c1-7(2)11-15-9-3-4-16(8(5-13)6-14)12(17)10(9)18-11/h5-6,13H,1,3-4,14H2,2H3/b8-6+,13-5?. The highest BCUT2D eigenvalue weighted by Gasteiger charge is 2.29. The molecule has 0 aromatic carbocycles.